The molecule has 0 radical (unpaired) electrons. The number of H-pyrrole nitrogens is 1. The maximum atomic E-state index is 11.7. The minimum atomic E-state index is -1.10. The fraction of sp³-hybridized carbons (Fsp3) is 0.500. The number of hydrogen-bond donors (Lipinski definition) is 4. The molecule has 1 rings (SSSR count). The minimum absolute atomic E-state index is 0.0169. The lowest BCUT2D eigenvalue weighted by molar-refractivity contribution is 0.0692. The Morgan fingerprint density at radius 1 is 1.47 bits per heavy atom. The summed E-state index contributed by atoms with van der Waals surface area (Å²) in [6, 6.07) is 1.17. The van der Waals surface area contributed by atoms with Gasteiger partial charge >= 0.3 is 12.0 Å². The van der Waals surface area contributed by atoms with Gasteiger partial charge in [-0.25, -0.2) is 9.59 Å². The average Bonchev–Trinajstić information content (AvgIpc) is 2.68. The van der Waals surface area contributed by atoms with Crippen LogP contribution in [0.4, 0.5) is 10.5 Å². The Bertz CT molecular complexity index is 483. The van der Waals surface area contributed by atoms with Crippen LogP contribution in [0.5, 0.6) is 0 Å². The smallest absolute Gasteiger partial charge is 0.354 e. The molecule has 7 heteroatoms. The van der Waals surface area contributed by atoms with Crippen molar-refractivity contribution in [2.45, 2.75) is 25.5 Å². The number of thioether (sulfide) groups is 1. The molecule has 4 N–H and O–H groups in total. The Morgan fingerprint density at radius 3 is 2.63 bits per heavy atom. The van der Waals surface area contributed by atoms with Crippen molar-refractivity contribution in [3.05, 3.63) is 17.5 Å². The first kappa shape index (κ1) is 15.4. The van der Waals surface area contributed by atoms with Crippen LogP contribution in [0.2, 0.25) is 0 Å². The number of aromatic nitrogens is 1. The molecule has 0 saturated carbocycles. The molecule has 19 heavy (non-hydrogen) atoms. The lowest BCUT2D eigenvalue weighted by Crippen LogP contribution is -2.38. The second-order valence-electron chi connectivity index (χ2n) is 4.82. The summed E-state index contributed by atoms with van der Waals surface area (Å²) in [5, 5.41) is 14.2. The highest BCUT2D eigenvalue weighted by atomic mass is 32.2. The molecule has 1 heterocycles. The summed E-state index contributed by atoms with van der Waals surface area (Å²) in [6.45, 7) is 6.25. The van der Waals surface area contributed by atoms with Crippen molar-refractivity contribution < 1.29 is 14.7 Å². The number of anilines is 1. The van der Waals surface area contributed by atoms with E-state index in [0.717, 1.165) is 0 Å². The van der Waals surface area contributed by atoms with E-state index < -0.39 is 12.0 Å². The van der Waals surface area contributed by atoms with Gasteiger partial charge in [-0.3, -0.25) is 0 Å². The molecule has 6 nitrogen and oxygen atoms in total. The highest BCUT2D eigenvalue weighted by molar-refractivity contribution is 7.99. The van der Waals surface area contributed by atoms with Crippen LogP contribution < -0.4 is 10.6 Å². The summed E-state index contributed by atoms with van der Waals surface area (Å²) < 4.78 is -0.0684. The molecule has 2 amide bonds. The van der Waals surface area contributed by atoms with E-state index in [-0.39, 0.29) is 16.1 Å². The van der Waals surface area contributed by atoms with Gasteiger partial charge in [0.25, 0.3) is 0 Å². The molecule has 0 fully saturated rings. The van der Waals surface area contributed by atoms with Crippen molar-refractivity contribution in [3.63, 3.8) is 0 Å². The van der Waals surface area contributed by atoms with E-state index in [9.17, 15) is 9.59 Å². The summed E-state index contributed by atoms with van der Waals surface area (Å²) in [5.74, 6) is -1.10. The highest BCUT2D eigenvalue weighted by Crippen LogP contribution is 2.20. The van der Waals surface area contributed by atoms with Crippen molar-refractivity contribution in [2.75, 3.05) is 18.1 Å². The first-order valence-electron chi connectivity index (χ1n) is 5.78. The molecule has 0 unspecified atom stereocenters. The SMILES string of the molecule is CSC(C)(C)CNC(=O)Nc1cc(C)[nH]c1C(=O)O. The quantitative estimate of drug-likeness (QED) is 0.667. The molecule has 0 aliphatic carbocycles. The van der Waals surface area contributed by atoms with E-state index in [1.54, 1.807) is 24.8 Å². The molecule has 0 aromatic carbocycles. The minimum Gasteiger partial charge on any atom is -0.477 e. The summed E-state index contributed by atoms with van der Waals surface area (Å²) in [5.41, 5.74) is 0.929. The van der Waals surface area contributed by atoms with Crippen molar-refractivity contribution in [1.29, 1.82) is 0 Å². The van der Waals surface area contributed by atoms with Crippen molar-refractivity contribution in [2.24, 2.45) is 0 Å². The Labute approximate surface area is 116 Å². The van der Waals surface area contributed by atoms with Gasteiger partial charge in [0.2, 0.25) is 0 Å². The van der Waals surface area contributed by atoms with Gasteiger partial charge in [0.05, 0.1) is 5.69 Å². The van der Waals surface area contributed by atoms with E-state index in [1.165, 1.54) is 0 Å². The monoisotopic (exact) mass is 285 g/mol. The zero-order valence-corrected chi connectivity index (χ0v) is 12.3. The highest BCUT2D eigenvalue weighted by Gasteiger charge is 2.19. The fourth-order valence-electron chi connectivity index (χ4n) is 1.39. The number of urea groups is 1. The largest absolute Gasteiger partial charge is 0.477 e. The van der Waals surface area contributed by atoms with Crippen LogP contribution in [0.3, 0.4) is 0 Å². The van der Waals surface area contributed by atoms with Crippen molar-refractivity contribution in [3.8, 4) is 0 Å². The Balaban J connectivity index is 2.65. The van der Waals surface area contributed by atoms with Gasteiger partial charge in [-0.2, -0.15) is 11.8 Å². The Morgan fingerprint density at radius 2 is 2.11 bits per heavy atom. The van der Waals surface area contributed by atoms with Gasteiger partial charge < -0.3 is 20.7 Å². The van der Waals surface area contributed by atoms with Crippen LogP contribution in [0.15, 0.2) is 6.07 Å². The van der Waals surface area contributed by atoms with E-state index >= 15 is 0 Å². The maximum Gasteiger partial charge on any atom is 0.354 e. The normalized spacial score (nSPS) is 11.2. The lowest BCUT2D eigenvalue weighted by Gasteiger charge is -2.22. The molecule has 0 aliphatic heterocycles. The third-order valence-corrected chi connectivity index (χ3v) is 3.89. The number of aryl methyl sites for hydroxylation is 1. The third-order valence-electron chi connectivity index (χ3n) is 2.64. The van der Waals surface area contributed by atoms with Crippen molar-refractivity contribution in [1.82, 2.24) is 10.3 Å². The number of amides is 2. The number of carboxylic acids is 1. The summed E-state index contributed by atoms with van der Waals surface area (Å²) in [6.07, 6.45) is 1.97. The Kier molecular flexibility index (Phi) is 4.88. The first-order valence-corrected chi connectivity index (χ1v) is 7.00. The number of aromatic amines is 1. The number of carbonyl (C=O) groups is 2. The standard InChI is InChI=1S/C12H19N3O3S/c1-7-5-8(9(14-7)10(16)17)15-11(18)13-6-12(2,3)19-4/h5,14H,6H2,1-4H3,(H,16,17)(H2,13,15,18). The molecule has 0 aliphatic rings. The van der Waals surface area contributed by atoms with E-state index in [1.807, 2.05) is 20.1 Å². The predicted molar refractivity (Wildman–Crippen MR) is 77.1 cm³/mol. The summed E-state index contributed by atoms with van der Waals surface area (Å²) >= 11 is 1.64. The number of carbonyl (C=O) groups excluding carboxylic acids is 1. The molecule has 0 spiro atoms. The molecule has 1 aromatic rings. The summed E-state index contributed by atoms with van der Waals surface area (Å²) in [4.78, 5) is 25.4. The third kappa shape index (κ3) is 4.51. The topological polar surface area (TPSA) is 94.2 Å². The number of aromatic carboxylic acids is 1. The van der Waals surface area contributed by atoms with Gasteiger partial charge in [0.1, 0.15) is 5.69 Å². The zero-order valence-electron chi connectivity index (χ0n) is 11.5. The van der Waals surface area contributed by atoms with Gasteiger partial charge in [-0.05, 0) is 33.1 Å². The van der Waals surface area contributed by atoms with Crippen LogP contribution >= 0.6 is 11.8 Å². The number of hydrogen-bond acceptors (Lipinski definition) is 3. The van der Waals surface area contributed by atoms with Crippen LogP contribution in [-0.2, 0) is 0 Å². The molecule has 0 saturated heterocycles. The van der Waals surface area contributed by atoms with Crippen LogP contribution in [0, 0.1) is 6.92 Å². The molecule has 1 aromatic heterocycles. The molecule has 0 atom stereocenters. The zero-order chi connectivity index (χ0) is 14.6. The van der Waals surface area contributed by atoms with Gasteiger partial charge in [0.15, 0.2) is 0 Å². The van der Waals surface area contributed by atoms with Crippen LogP contribution in [-0.4, -0.2) is 39.6 Å². The number of carboxylic acid groups (broad SMARTS) is 1. The molecule has 0 bridgehead atoms. The van der Waals surface area contributed by atoms with Crippen LogP contribution in [0.1, 0.15) is 30.0 Å². The van der Waals surface area contributed by atoms with Crippen LogP contribution in [0.25, 0.3) is 0 Å². The number of rotatable bonds is 5. The first-order chi connectivity index (χ1) is 8.75. The molecule has 106 valence electrons. The maximum absolute atomic E-state index is 11.7. The number of nitrogens with one attached hydrogen (secondary N) is 3. The van der Waals surface area contributed by atoms with E-state index in [0.29, 0.717) is 12.2 Å². The van der Waals surface area contributed by atoms with Gasteiger partial charge in [-0.15, -0.1) is 0 Å². The molecular formula is C12H19N3O3S. The average molecular weight is 285 g/mol. The fourth-order valence-corrected chi connectivity index (χ4v) is 1.60. The second-order valence-corrected chi connectivity index (χ2v) is 6.33. The van der Waals surface area contributed by atoms with Gasteiger partial charge in [0, 0.05) is 17.0 Å². The predicted octanol–water partition coefficient (Wildman–Crippen LogP) is 2.28. The summed E-state index contributed by atoms with van der Waals surface area (Å²) in [7, 11) is 0. The van der Waals surface area contributed by atoms with Gasteiger partial charge in [-0.1, -0.05) is 0 Å². The molecular weight excluding hydrogens is 266 g/mol. The van der Waals surface area contributed by atoms with E-state index in [2.05, 4.69) is 15.6 Å². The van der Waals surface area contributed by atoms with E-state index in [4.69, 9.17) is 5.11 Å². The second kappa shape index (κ2) is 6.01. The Hall–Kier alpha value is -1.63. The van der Waals surface area contributed by atoms with Crippen molar-refractivity contribution >= 4 is 29.4 Å². The lowest BCUT2D eigenvalue weighted by atomic mass is 10.2.